The first kappa shape index (κ1) is 20.3. The van der Waals surface area contributed by atoms with Gasteiger partial charge in [0.1, 0.15) is 12.6 Å². The lowest BCUT2D eigenvalue weighted by molar-refractivity contribution is -0.384. The van der Waals surface area contributed by atoms with E-state index in [9.17, 15) is 24.8 Å². The molecule has 2 amide bonds. The van der Waals surface area contributed by atoms with E-state index in [2.05, 4.69) is 5.32 Å². The summed E-state index contributed by atoms with van der Waals surface area (Å²) >= 11 is 0. The number of non-ortho nitro benzene ring substituents is 1. The van der Waals surface area contributed by atoms with Crippen LogP contribution in [0.5, 0.6) is 0 Å². The molecule has 1 fully saturated rings. The van der Waals surface area contributed by atoms with Crippen molar-refractivity contribution >= 4 is 17.7 Å². The van der Waals surface area contributed by atoms with E-state index in [1.807, 2.05) is 30.3 Å². The van der Waals surface area contributed by atoms with Gasteiger partial charge in [-0.05, 0) is 23.3 Å². The highest BCUT2D eigenvalue weighted by Crippen LogP contribution is 2.20. The summed E-state index contributed by atoms with van der Waals surface area (Å²) in [5, 5.41) is 23.4. The second-order valence-electron chi connectivity index (χ2n) is 6.74. The predicted octanol–water partition coefficient (Wildman–Crippen LogP) is 1.98. The molecule has 0 spiro atoms. The minimum absolute atomic E-state index is 0.00250. The monoisotopic (exact) mass is 399 g/mol. The Balaban J connectivity index is 1.56. The van der Waals surface area contributed by atoms with E-state index in [1.54, 1.807) is 0 Å². The molecule has 1 saturated heterocycles. The van der Waals surface area contributed by atoms with Crippen LogP contribution in [0.1, 0.15) is 17.5 Å². The molecule has 0 saturated carbocycles. The maximum absolute atomic E-state index is 12.5. The van der Waals surface area contributed by atoms with Gasteiger partial charge in [0.05, 0.1) is 17.6 Å². The predicted molar refractivity (Wildman–Crippen MR) is 103 cm³/mol. The van der Waals surface area contributed by atoms with Gasteiger partial charge < -0.3 is 15.2 Å². The molecule has 0 bridgehead atoms. The first-order chi connectivity index (χ1) is 13.9. The zero-order valence-corrected chi connectivity index (χ0v) is 15.6. The molecule has 152 valence electrons. The Morgan fingerprint density at radius 1 is 1.14 bits per heavy atom. The first-order valence-electron chi connectivity index (χ1n) is 9.10. The fourth-order valence-electron chi connectivity index (χ4n) is 3.11. The van der Waals surface area contributed by atoms with Gasteiger partial charge in [-0.1, -0.05) is 30.3 Å². The lowest BCUT2D eigenvalue weighted by Crippen LogP contribution is -2.45. The highest BCUT2D eigenvalue weighted by Gasteiger charge is 2.39. The Kier molecular flexibility index (Phi) is 6.40. The van der Waals surface area contributed by atoms with E-state index < -0.39 is 23.2 Å². The van der Waals surface area contributed by atoms with E-state index in [1.165, 1.54) is 29.2 Å². The highest BCUT2D eigenvalue weighted by atomic mass is 16.6. The van der Waals surface area contributed by atoms with Crippen LogP contribution in [0.3, 0.4) is 0 Å². The van der Waals surface area contributed by atoms with Crippen molar-refractivity contribution < 1.29 is 24.4 Å². The SMILES string of the molecule is O=C(NCc1ccccc1)[C@@H]1C[C@@H](O)CN1C(=O)OCc1ccc([N+](=O)[O-])cc1. The van der Waals surface area contributed by atoms with E-state index in [0.29, 0.717) is 12.1 Å². The van der Waals surface area contributed by atoms with Crippen molar-refractivity contribution in [1.82, 2.24) is 10.2 Å². The summed E-state index contributed by atoms with van der Waals surface area (Å²) < 4.78 is 5.23. The molecule has 2 N–H and O–H groups in total. The molecule has 2 atom stereocenters. The number of benzene rings is 2. The summed E-state index contributed by atoms with van der Waals surface area (Å²) in [4.78, 5) is 36.3. The van der Waals surface area contributed by atoms with Gasteiger partial charge in [-0.25, -0.2) is 4.79 Å². The number of nitrogens with one attached hydrogen (secondary N) is 1. The van der Waals surface area contributed by atoms with Gasteiger partial charge in [0, 0.05) is 25.1 Å². The van der Waals surface area contributed by atoms with Crippen LogP contribution in [0.4, 0.5) is 10.5 Å². The van der Waals surface area contributed by atoms with Crippen molar-refractivity contribution in [2.75, 3.05) is 6.54 Å². The number of carbonyl (C=O) groups is 2. The molecule has 0 radical (unpaired) electrons. The number of β-amino-alcohol motifs (C(OH)–C–C–N with tert-alkyl or cyclic N) is 1. The third kappa shape index (κ3) is 5.29. The molecule has 9 heteroatoms. The second kappa shape index (κ2) is 9.16. The molecular weight excluding hydrogens is 378 g/mol. The molecule has 2 aromatic rings. The molecule has 1 heterocycles. The average Bonchev–Trinajstić information content (AvgIpc) is 3.13. The maximum Gasteiger partial charge on any atom is 0.410 e. The van der Waals surface area contributed by atoms with Gasteiger partial charge in [-0.15, -0.1) is 0 Å². The van der Waals surface area contributed by atoms with Crippen molar-refractivity contribution in [1.29, 1.82) is 0 Å². The lowest BCUT2D eigenvalue weighted by atomic mass is 10.1. The van der Waals surface area contributed by atoms with Crippen LogP contribution in [0, 0.1) is 10.1 Å². The lowest BCUT2D eigenvalue weighted by Gasteiger charge is -2.23. The number of ether oxygens (including phenoxy) is 1. The van der Waals surface area contributed by atoms with Gasteiger partial charge in [-0.2, -0.15) is 0 Å². The summed E-state index contributed by atoms with van der Waals surface area (Å²) in [6.45, 7) is 0.224. The van der Waals surface area contributed by atoms with Gasteiger partial charge >= 0.3 is 6.09 Å². The largest absolute Gasteiger partial charge is 0.445 e. The van der Waals surface area contributed by atoms with Crippen molar-refractivity contribution in [3.05, 3.63) is 75.8 Å². The topological polar surface area (TPSA) is 122 Å². The standard InChI is InChI=1S/C20H21N3O6/c24-17-10-18(19(25)21-11-14-4-2-1-3-5-14)22(12-17)20(26)29-13-15-6-8-16(9-7-15)23(27)28/h1-9,17-18,24H,10-13H2,(H,21,25)/t17-,18+/m1/s1. The number of hydrogen-bond donors (Lipinski definition) is 2. The average molecular weight is 399 g/mol. The fourth-order valence-corrected chi connectivity index (χ4v) is 3.11. The van der Waals surface area contributed by atoms with Crippen LogP contribution in [0.15, 0.2) is 54.6 Å². The number of rotatable bonds is 6. The van der Waals surface area contributed by atoms with E-state index >= 15 is 0 Å². The van der Waals surface area contributed by atoms with Crippen molar-refractivity contribution in [2.24, 2.45) is 0 Å². The third-order valence-corrected chi connectivity index (χ3v) is 4.64. The number of nitro groups is 1. The molecule has 2 aromatic carbocycles. The normalized spacial score (nSPS) is 18.3. The number of nitrogens with zero attached hydrogens (tertiary/aromatic N) is 2. The Morgan fingerprint density at radius 3 is 2.48 bits per heavy atom. The fraction of sp³-hybridized carbons (Fsp3) is 0.300. The second-order valence-corrected chi connectivity index (χ2v) is 6.74. The number of amides is 2. The van der Waals surface area contributed by atoms with Gasteiger partial charge in [0.25, 0.3) is 5.69 Å². The zero-order chi connectivity index (χ0) is 20.8. The molecule has 0 aliphatic carbocycles. The number of nitro benzene ring substituents is 1. The van der Waals surface area contributed by atoms with E-state index in [0.717, 1.165) is 5.56 Å². The van der Waals surface area contributed by atoms with Crippen LogP contribution in [0.25, 0.3) is 0 Å². The van der Waals surface area contributed by atoms with E-state index in [4.69, 9.17) is 4.74 Å². The smallest absolute Gasteiger partial charge is 0.410 e. The molecular formula is C20H21N3O6. The van der Waals surface area contributed by atoms with Gasteiger partial charge in [0.2, 0.25) is 5.91 Å². The molecule has 0 unspecified atom stereocenters. The number of carbonyl (C=O) groups excluding carboxylic acids is 2. The van der Waals surface area contributed by atoms with Crippen LogP contribution in [-0.4, -0.2) is 45.6 Å². The zero-order valence-electron chi connectivity index (χ0n) is 15.6. The van der Waals surface area contributed by atoms with Crippen LogP contribution < -0.4 is 5.32 Å². The summed E-state index contributed by atoms with van der Waals surface area (Å²) in [5.41, 5.74) is 1.44. The summed E-state index contributed by atoms with van der Waals surface area (Å²) in [6.07, 6.45) is -1.40. The molecule has 0 aromatic heterocycles. The molecule has 3 rings (SSSR count). The molecule has 29 heavy (non-hydrogen) atoms. The van der Waals surface area contributed by atoms with Crippen LogP contribution in [-0.2, 0) is 22.7 Å². The van der Waals surface area contributed by atoms with Gasteiger partial charge in [-0.3, -0.25) is 19.8 Å². The molecule has 1 aliphatic heterocycles. The Hall–Kier alpha value is -3.46. The number of aliphatic hydroxyl groups is 1. The summed E-state index contributed by atoms with van der Waals surface area (Å²) in [7, 11) is 0. The van der Waals surface area contributed by atoms with Crippen LogP contribution >= 0.6 is 0 Å². The number of likely N-dealkylation sites (tertiary alicyclic amines) is 1. The maximum atomic E-state index is 12.5. The Bertz CT molecular complexity index is 872. The molecule has 1 aliphatic rings. The third-order valence-electron chi connectivity index (χ3n) is 4.64. The number of hydrogen-bond acceptors (Lipinski definition) is 6. The summed E-state index contributed by atoms with van der Waals surface area (Å²) in [5.74, 6) is -0.363. The highest BCUT2D eigenvalue weighted by molar-refractivity contribution is 5.86. The van der Waals surface area contributed by atoms with Crippen LogP contribution in [0.2, 0.25) is 0 Å². The van der Waals surface area contributed by atoms with E-state index in [-0.39, 0.29) is 31.2 Å². The minimum Gasteiger partial charge on any atom is -0.445 e. The van der Waals surface area contributed by atoms with Crippen molar-refractivity contribution in [3.63, 3.8) is 0 Å². The minimum atomic E-state index is -0.821. The first-order valence-corrected chi connectivity index (χ1v) is 9.10. The van der Waals surface area contributed by atoms with Crippen molar-refractivity contribution in [2.45, 2.75) is 31.7 Å². The van der Waals surface area contributed by atoms with Crippen molar-refractivity contribution in [3.8, 4) is 0 Å². The Labute approximate surface area is 167 Å². The molecule has 9 nitrogen and oxygen atoms in total. The Morgan fingerprint density at radius 2 is 1.83 bits per heavy atom. The number of aliphatic hydroxyl groups excluding tert-OH is 1. The van der Waals surface area contributed by atoms with Gasteiger partial charge in [0.15, 0.2) is 0 Å². The summed E-state index contributed by atoms with van der Waals surface area (Å²) in [6, 6.07) is 14.2. The quantitative estimate of drug-likeness (QED) is 0.566.